The van der Waals surface area contributed by atoms with Gasteiger partial charge in [0.1, 0.15) is 16.4 Å². The average Bonchev–Trinajstić information content (AvgIpc) is 2.79. The predicted molar refractivity (Wildman–Crippen MR) is 89.7 cm³/mol. The molecule has 0 spiro atoms. The summed E-state index contributed by atoms with van der Waals surface area (Å²) in [4.78, 5) is 34.4. The van der Waals surface area contributed by atoms with E-state index < -0.39 is 23.4 Å². The zero-order valence-electron chi connectivity index (χ0n) is 13.7. The van der Waals surface area contributed by atoms with Gasteiger partial charge in [0.25, 0.3) is 11.6 Å². The molecule has 0 aliphatic rings. The van der Waals surface area contributed by atoms with E-state index in [4.69, 9.17) is 16.3 Å². The van der Waals surface area contributed by atoms with E-state index in [2.05, 4.69) is 10.4 Å². The van der Waals surface area contributed by atoms with Crippen molar-refractivity contribution < 1.29 is 19.2 Å². The number of esters is 1. The third-order valence-electron chi connectivity index (χ3n) is 3.31. The number of hydrogen-bond acceptors (Lipinski definition) is 6. The van der Waals surface area contributed by atoms with Crippen LogP contribution in [0.4, 0.5) is 11.4 Å². The summed E-state index contributed by atoms with van der Waals surface area (Å²) < 4.78 is 6.21. The molecule has 132 valence electrons. The minimum atomic E-state index is -0.802. The number of aryl methyl sites for hydroxylation is 3. The van der Waals surface area contributed by atoms with Crippen LogP contribution in [0.5, 0.6) is 0 Å². The molecule has 25 heavy (non-hydrogen) atoms. The fourth-order valence-corrected chi connectivity index (χ4v) is 2.40. The molecule has 2 rings (SSSR count). The van der Waals surface area contributed by atoms with Crippen molar-refractivity contribution in [3.8, 4) is 0 Å². The molecule has 2 aromatic rings. The van der Waals surface area contributed by atoms with Gasteiger partial charge in [0.05, 0.1) is 10.6 Å². The van der Waals surface area contributed by atoms with Gasteiger partial charge in [-0.05, 0) is 25.5 Å². The Morgan fingerprint density at radius 2 is 2.08 bits per heavy atom. The Labute approximate surface area is 147 Å². The topological polar surface area (TPSA) is 116 Å². The fourth-order valence-electron chi connectivity index (χ4n) is 2.15. The number of carbonyl (C=O) groups is 2. The van der Waals surface area contributed by atoms with Crippen molar-refractivity contribution in [2.45, 2.75) is 13.8 Å². The molecule has 1 aromatic carbocycles. The van der Waals surface area contributed by atoms with E-state index in [0.29, 0.717) is 11.3 Å². The largest absolute Gasteiger partial charge is 0.452 e. The number of anilines is 1. The maximum absolute atomic E-state index is 12.0. The molecule has 0 aliphatic heterocycles. The van der Waals surface area contributed by atoms with Gasteiger partial charge in [-0.3, -0.25) is 19.6 Å². The highest BCUT2D eigenvalue weighted by Crippen LogP contribution is 2.25. The molecule has 1 amide bonds. The van der Waals surface area contributed by atoms with Gasteiger partial charge in [-0.1, -0.05) is 17.7 Å². The van der Waals surface area contributed by atoms with Crippen molar-refractivity contribution >= 4 is 34.9 Å². The zero-order chi connectivity index (χ0) is 18.7. The van der Waals surface area contributed by atoms with Crippen LogP contribution < -0.4 is 5.32 Å². The minimum Gasteiger partial charge on any atom is -0.452 e. The maximum atomic E-state index is 12.0. The molecule has 0 fully saturated rings. The standard InChI is InChI=1S/C15H15ClN4O5/c1-8-4-5-10(11(6-8)20(23)24)17-12(21)7-25-15(22)13-9(2)18-19(3)14(13)16/h4-6H,7H2,1-3H3,(H,17,21). The Balaban J connectivity index is 2.04. The number of nitro groups is 1. The highest BCUT2D eigenvalue weighted by molar-refractivity contribution is 6.32. The monoisotopic (exact) mass is 366 g/mol. The Kier molecular flexibility index (Phi) is 5.38. The van der Waals surface area contributed by atoms with Crippen molar-refractivity contribution in [1.82, 2.24) is 9.78 Å². The third-order valence-corrected chi connectivity index (χ3v) is 3.75. The van der Waals surface area contributed by atoms with Crippen LogP contribution in [0.15, 0.2) is 18.2 Å². The van der Waals surface area contributed by atoms with E-state index in [9.17, 15) is 19.7 Å². The van der Waals surface area contributed by atoms with Gasteiger partial charge in [-0.25, -0.2) is 4.79 Å². The number of halogens is 1. The van der Waals surface area contributed by atoms with Gasteiger partial charge in [0.2, 0.25) is 0 Å². The predicted octanol–water partition coefficient (Wildman–Crippen LogP) is 2.39. The Hall–Kier alpha value is -2.94. The number of benzene rings is 1. The highest BCUT2D eigenvalue weighted by Gasteiger charge is 2.22. The van der Waals surface area contributed by atoms with Crippen LogP contribution in [0, 0.1) is 24.0 Å². The second-order valence-corrected chi connectivity index (χ2v) is 5.63. The van der Waals surface area contributed by atoms with E-state index in [1.54, 1.807) is 27.0 Å². The molecule has 0 atom stereocenters. The van der Waals surface area contributed by atoms with Gasteiger partial charge >= 0.3 is 5.97 Å². The Bertz CT molecular complexity index is 862. The lowest BCUT2D eigenvalue weighted by Gasteiger charge is -2.07. The molecule has 0 aliphatic carbocycles. The molecular weight excluding hydrogens is 352 g/mol. The van der Waals surface area contributed by atoms with E-state index in [1.165, 1.54) is 16.8 Å². The SMILES string of the molecule is Cc1ccc(NC(=O)COC(=O)c2c(C)nn(C)c2Cl)c([N+](=O)[O-])c1. The zero-order valence-corrected chi connectivity index (χ0v) is 14.5. The molecule has 9 nitrogen and oxygen atoms in total. The lowest BCUT2D eigenvalue weighted by molar-refractivity contribution is -0.384. The smallest absolute Gasteiger partial charge is 0.343 e. The molecule has 0 bridgehead atoms. The number of aromatic nitrogens is 2. The molecule has 0 saturated heterocycles. The van der Waals surface area contributed by atoms with Gasteiger partial charge in [0, 0.05) is 13.1 Å². The maximum Gasteiger partial charge on any atom is 0.343 e. The first-order valence-electron chi connectivity index (χ1n) is 7.11. The fraction of sp³-hybridized carbons (Fsp3) is 0.267. The summed E-state index contributed by atoms with van der Waals surface area (Å²) in [7, 11) is 1.56. The van der Waals surface area contributed by atoms with Gasteiger partial charge in [0.15, 0.2) is 6.61 Å². The van der Waals surface area contributed by atoms with Crippen molar-refractivity contribution in [3.05, 3.63) is 50.3 Å². The van der Waals surface area contributed by atoms with Crippen molar-refractivity contribution in [2.75, 3.05) is 11.9 Å². The number of nitrogens with one attached hydrogen (secondary N) is 1. The molecule has 10 heteroatoms. The van der Waals surface area contributed by atoms with E-state index >= 15 is 0 Å². The number of nitrogens with zero attached hydrogens (tertiary/aromatic N) is 3. The Morgan fingerprint density at radius 3 is 2.64 bits per heavy atom. The van der Waals surface area contributed by atoms with Crippen LogP contribution in [-0.4, -0.2) is 33.2 Å². The molecular formula is C15H15ClN4O5. The highest BCUT2D eigenvalue weighted by atomic mass is 35.5. The average molecular weight is 367 g/mol. The lowest BCUT2D eigenvalue weighted by atomic mass is 10.2. The van der Waals surface area contributed by atoms with Gasteiger partial charge < -0.3 is 10.1 Å². The molecule has 1 aromatic heterocycles. The minimum absolute atomic E-state index is 0.0206. The van der Waals surface area contributed by atoms with Crippen molar-refractivity contribution in [1.29, 1.82) is 0 Å². The second kappa shape index (κ2) is 7.31. The summed E-state index contributed by atoms with van der Waals surface area (Å²) in [5.74, 6) is -1.51. The van der Waals surface area contributed by atoms with Gasteiger partial charge in [-0.15, -0.1) is 0 Å². The quantitative estimate of drug-likeness (QED) is 0.493. The molecule has 1 heterocycles. The number of ether oxygens (including phenoxy) is 1. The number of hydrogen-bond donors (Lipinski definition) is 1. The number of rotatable bonds is 5. The summed E-state index contributed by atoms with van der Waals surface area (Å²) in [5, 5.41) is 17.4. The number of carbonyl (C=O) groups excluding carboxylic acids is 2. The van der Waals surface area contributed by atoms with E-state index in [1.807, 2.05) is 0 Å². The van der Waals surface area contributed by atoms with E-state index in [0.717, 1.165) is 0 Å². The van der Waals surface area contributed by atoms with Gasteiger partial charge in [-0.2, -0.15) is 5.10 Å². The third kappa shape index (κ3) is 4.13. The van der Waals surface area contributed by atoms with Crippen LogP contribution in [0.3, 0.4) is 0 Å². The Morgan fingerprint density at radius 1 is 1.40 bits per heavy atom. The summed E-state index contributed by atoms with van der Waals surface area (Å²) in [6, 6.07) is 4.36. The van der Waals surface area contributed by atoms with Crippen LogP contribution in [-0.2, 0) is 16.6 Å². The first-order chi connectivity index (χ1) is 11.7. The first kappa shape index (κ1) is 18.4. The van der Waals surface area contributed by atoms with Crippen molar-refractivity contribution in [2.24, 2.45) is 7.05 Å². The second-order valence-electron chi connectivity index (χ2n) is 5.28. The first-order valence-corrected chi connectivity index (χ1v) is 7.49. The molecule has 1 N–H and O–H groups in total. The van der Waals surface area contributed by atoms with Crippen LogP contribution in [0.1, 0.15) is 21.6 Å². The number of nitro benzene ring substituents is 1. The summed E-state index contributed by atoms with van der Waals surface area (Å²) >= 11 is 5.95. The van der Waals surface area contributed by atoms with Crippen molar-refractivity contribution in [3.63, 3.8) is 0 Å². The summed E-state index contributed by atoms with van der Waals surface area (Å²) in [6.45, 7) is 2.66. The normalized spacial score (nSPS) is 10.4. The molecule has 0 saturated carbocycles. The lowest BCUT2D eigenvalue weighted by Crippen LogP contribution is -2.21. The molecule has 0 radical (unpaired) electrons. The van der Waals surface area contributed by atoms with Crippen LogP contribution >= 0.6 is 11.6 Å². The van der Waals surface area contributed by atoms with Crippen LogP contribution in [0.2, 0.25) is 5.15 Å². The van der Waals surface area contributed by atoms with Crippen LogP contribution in [0.25, 0.3) is 0 Å². The van der Waals surface area contributed by atoms with E-state index in [-0.39, 0.29) is 22.1 Å². The summed E-state index contributed by atoms with van der Waals surface area (Å²) in [5.41, 5.74) is 0.890. The number of amides is 1. The molecule has 0 unspecified atom stereocenters. The summed E-state index contributed by atoms with van der Waals surface area (Å²) in [6.07, 6.45) is 0.